The molecule has 0 heterocycles. The van der Waals surface area contributed by atoms with E-state index in [1.165, 1.54) is 19.1 Å². The minimum Gasteiger partial charge on any atom is -0.447 e. The van der Waals surface area contributed by atoms with E-state index in [0.717, 1.165) is 0 Å². The number of aliphatic hydroxyl groups excluding tert-OH is 1. The molecule has 6 nitrogen and oxygen atoms in total. The van der Waals surface area contributed by atoms with Crippen LogP contribution in [-0.4, -0.2) is 38.6 Å². The first-order chi connectivity index (χ1) is 8.51. The highest BCUT2D eigenvalue weighted by molar-refractivity contribution is 7.91. The average molecular weight is 273 g/mol. The summed E-state index contributed by atoms with van der Waals surface area (Å²) in [5.74, 6) is -0.0582. The molecule has 18 heavy (non-hydrogen) atoms. The van der Waals surface area contributed by atoms with Crippen LogP contribution in [0.1, 0.15) is 6.92 Å². The fourth-order valence-corrected chi connectivity index (χ4v) is 2.33. The number of nitrogens with one attached hydrogen (secondary N) is 1. The van der Waals surface area contributed by atoms with Crippen molar-refractivity contribution < 1.29 is 23.1 Å². The fourth-order valence-electron chi connectivity index (χ4n) is 1.28. The highest BCUT2D eigenvalue weighted by atomic mass is 32.2. The molecule has 1 aromatic carbocycles. The summed E-state index contributed by atoms with van der Waals surface area (Å²) < 4.78 is 28.2. The van der Waals surface area contributed by atoms with Crippen molar-refractivity contribution in [2.24, 2.45) is 0 Å². The molecule has 0 aromatic heterocycles. The SMILES string of the molecule is CCS(=O)(=O)c1ccccc1NC(=O)OCCO. The highest BCUT2D eigenvalue weighted by Crippen LogP contribution is 2.21. The van der Waals surface area contributed by atoms with Crippen LogP contribution < -0.4 is 5.32 Å². The summed E-state index contributed by atoms with van der Waals surface area (Å²) in [6.07, 6.45) is -0.803. The van der Waals surface area contributed by atoms with E-state index in [0.29, 0.717) is 0 Å². The van der Waals surface area contributed by atoms with Gasteiger partial charge in [0.1, 0.15) is 6.61 Å². The van der Waals surface area contributed by atoms with E-state index < -0.39 is 15.9 Å². The molecule has 1 aromatic rings. The molecule has 7 heteroatoms. The molecule has 0 aliphatic heterocycles. The molecular weight excluding hydrogens is 258 g/mol. The van der Waals surface area contributed by atoms with Crippen LogP contribution in [0.15, 0.2) is 29.2 Å². The summed E-state index contributed by atoms with van der Waals surface area (Å²) in [5.41, 5.74) is 0.169. The molecule has 0 aliphatic rings. The second-order valence-electron chi connectivity index (χ2n) is 3.38. The number of carbonyl (C=O) groups excluding carboxylic acids is 1. The van der Waals surface area contributed by atoms with Gasteiger partial charge in [-0.1, -0.05) is 19.1 Å². The number of hydrogen-bond acceptors (Lipinski definition) is 5. The van der Waals surface area contributed by atoms with Crippen molar-refractivity contribution in [1.29, 1.82) is 0 Å². The third-order valence-corrected chi connectivity index (χ3v) is 3.95. The standard InChI is InChI=1S/C11H15NO5S/c1-2-18(15,16)10-6-4-3-5-9(10)12-11(14)17-8-7-13/h3-6,13H,2,7-8H2,1H3,(H,12,14). The van der Waals surface area contributed by atoms with Crippen LogP contribution >= 0.6 is 0 Å². The zero-order chi connectivity index (χ0) is 13.6. The first kappa shape index (κ1) is 14.5. The second-order valence-corrected chi connectivity index (χ2v) is 5.63. The Kier molecular flexibility index (Phi) is 5.11. The number of para-hydroxylation sites is 1. The zero-order valence-electron chi connectivity index (χ0n) is 9.92. The number of ether oxygens (including phenoxy) is 1. The van der Waals surface area contributed by atoms with Gasteiger partial charge in [0, 0.05) is 0 Å². The minimum absolute atomic E-state index is 0.0495. The van der Waals surface area contributed by atoms with Gasteiger partial charge in [0.15, 0.2) is 9.84 Å². The number of amides is 1. The van der Waals surface area contributed by atoms with E-state index in [2.05, 4.69) is 10.1 Å². The topological polar surface area (TPSA) is 92.7 Å². The van der Waals surface area contributed by atoms with Gasteiger partial charge >= 0.3 is 6.09 Å². The van der Waals surface area contributed by atoms with Gasteiger partial charge in [-0.25, -0.2) is 13.2 Å². The van der Waals surface area contributed by atoms with Gasteiger partial charge in [0.25, 0.3) is 0 Å². The van der Waals surface area contributed by atoms with E-state index in [4.69, 9.17) is 5.11 Å². The molecule has 0 aliphatic carbocycles. The number of aliphatic hydroxyl groups is 1. The predicted molar refractivity (Wildman–Crippen MR) is 66.2 cm³/mol. The third kappa shape index (κ3) is 3.71. The molecule has 0 fully saturated rings. The average Bonchev–Trinajstić information content (AvgIpc) is 2.37. The first-order valence-corrected chi connectivity index (χ1v) is 7.03. The lowest BCUT2D eigenvalue weighted by atomic mass is 10.3. The van der Waals surface area contributed by atoms with Crippen molar-refractivity contribution in [2.75, 3.05) is 24.3 Å². The summed E-state index contributed by atoms with van der Waals surface area (Å²) in [4.78, 5) is 11.3. The van der Waals surface area contributed by atoms with Crippen LogP contribution in [0.5, 0.6) is 0 Å². The predicted octanol–water partition coefficient (Wildman–Crippen LogP) is 1.02. The quantitative estimate of drug-likeness (QED) is 0.835. The maximum Gasteiger partial charge on any atom is 0.411 e. The van der Waals surface area contributed by atoms with Crippen LogP contribution in [0.25, 0.3) is 0 Å². The fraction of sp³-hybridized carbons (Fsp3) is 0.364. The van der Waals surface area contributed by atoms with Crippen molar-refractivity contribution in [3.05, 3.63) is 24.3 Å². The Hall–Kier alpha value is -1.60. The molecule has 1 amide bonds. The number of hydrogen-bond donors (Lipinski definition) is 2. The van der Waals surface area contributed by atoms with Crippen LogP contribution in [0, 0.1) is 0 Å². The smallest absolute Gasteiger partial charge is 0.411 e. The monoisotopic (exact) mass is 273 g/mol. The Labute approximate surface area is 106 Å². The number of carbonyl (C=O) groups is 1. The Morgan fingerprint density at radius 1 is 1.39 bits per heavy atom. The van der Waals surface area contributed by atoms with Gasteiger partial charge in [-0.05, 0) is 12.1 Å². The maximum absolute atomic E-state index is 11.8. The van der Waals surface area contributed by atoms with Gasteiger partial charge in [-0.3, -0.25) is 5.32 Å². The highest BCUT2D eigenvalue weighted by Gasteiger charge is 2.17. The lowest BCUT2D eigenvalue weighted by Crippen LogP contribution is -2.18. The van der Waals surface area contributed by atoms with Gasteiger partial charge in [0.05, 0.1) is 22.9 Å². The van der Waals surface area contributed by atoms with Crippen LogP contribution in [-0.2, 0) is 14.6 Å². The lowest BCUT2D eigenvalue weighted by Gasteiger charge is -2.10. The summed E-state index contributed by atoms with van der Waals surface area (Å²) in [7, 11) is -3.41. The van der Waals surface area contributed by atoms with E-state index in [9.17, 15) is 13.2 Å². The number of sulfone groups is 1. The number of anilines is 1. The third-order valence-electron chi connectivity index (χ3n) is 2.16. The van der Waals surface area contributed by atoms with Crippen molar-refractivity contribution in [2.45, 2.75) is 11.8 Å². The molecule has 0 saturated carbocycles. The first-order valence-electron chi connectivity index (χ1n) is 5.37. The molecule has 1 rings (SSSR count). The largest absolute Gasteiger partial charge is 0.447 e. The Balaban J connectivity index is 2.93. The van der Waals surface area contributed by atoms with Crippen LogP contribution in [0.4, 0.5) is 10.5 Å². The number of rotatable bonds is 5. The number of benzene rings is 1. The van der Waals surface area contributed by atoms with E-state index in [1.807, 2.05) is 0 Å². The second kappa shape index (κ2) is 6.36. The van der Waals surface area contributed by atoms with Gasteiger partial charge in [-0.2, -0.15) is 0 Å². The molecular formula is C11H15NO5S. The molecule has 0 spiro atoms. The van der Waals surface area contributed by atoms with Gasteiger partial charge < -0.3 is 9.84 Å². The molecule has 0 unspecified atom stereocenters. The minimum atomic E-state index is -3.41. The summed E-state index contributed by atoms with van der Waals surface area (Å²) in [6.45, 7) is 1.09. The van der Waals surface area contributed by atoms with Crippen LogP contribution in [0.2, 0.25) is 0 Å². The van der Waals surface area contributed by atoms with E-state index >= 15 is 0 Å². The molecule has 0 radical (unpaired) electrons. The maximum atomic E-state index is 11.8. The Morgan fingerprint density at radius 3 is 2.67 bits per heavy atom. The molecule has 2 N–H and O–H groups in total. The molecule has 0 bridgehead atoms. The van der Waals surface area contributed by atoms with Gasteiger partial charge in [-0.15, -0.1) is 0 Å². The van der Waals surface area contributed by atoms with Crippen molar-refractivity contribution >= 4 is 21.6 Å². The lowest BCUT2D eigenvalue weighted by molar-refractivity contribution is 0.131. The summed E-state index contributed by atoms with van der Waals surface area (Å²) in [5, 5.41) is 10.8. The van der Waals surface area contributed by atoms with E-state index in [1.54, 1.807) is 12.1 Å². The molecule has 100 valence electrons. The zero-order valence-corrected chi connectivity index (χ0v) is 10.7. The van der Waals surface area contributed by atoms with E-state index in [-0.39, 0.29) is 29.5 Å². The molecule has 0 saturated heterocycles. The summed E-state index contributed by atoms with van der Waals surface area (Å²) in [6, 6.07) is 6.08. The normalized spacial score (nSPS) is 11.0. The van der Waals surface area contributed by atoms with Crippen LogP contribution in [0.3, 0.4) is 0 Å². The van der Waals surface area contributed by atoms with Gasteiger partial charge in [0.2, 0.25) is 0 Å². The Bertz CT molecular complexity index is 512. The summed E-state index contributed by atoms with van der Waals surface area (Å²) >= 11 is 0. The van der Waals surface area contributed by atoms with Crippen molar-refractivity contribution in [3.8, 4) is 0 Å². The molecule has 0 atom stereocenters. The Morgan fingerprint density at radius 2 is 2.06 bits per heavy atom. The van der Waals surface area contributed by atoms with Crippen molar-refractivity contribution in [1.82, 2.24) is 0 Å². The van der Waals surface area contributed by atoms with Crippen molar-refractivity contribution in [3.63, 3.8) is 0 Å².